The van der Waals surface area contributed by atoms with Gasteiger partial charge in [0.15, 0.2) is 0 Å². The Bertz CT molecular complexity index is 388. The van der Waals surface area contributed by atoms with Gasteiger partial charge in [-0.05, 0) is 22.9 Å². The fraction of sp³-hybridized carbons (Fsp3) is 0.667. The lowest BCUT2D eigenvalue weighted by Crippen LogP contribution is -2.29. The van der Waals surface area contributed by atoms with E-state index in [1.165, 1.54) is 0 Å². The molecule has 0 amide bonds. The molecule has 0 saturated heterocycles. The molecular weight excluding hydrogens is 282 g/mol. The Hall–Kier alpha value is -0.680. The minimum atomic E-state index is -0.383. The summed E-state index contributed by atoms with van der Waals surface area (Å²) in [5.74, 6) is 1.61. The molecule has 1 unspecified atom stereocenters. The summed E-state index contributed by atoms with van der Waals surface area (Å²) >= 11 is 3.40. The molecule has 1 aromatic rings. The molecule has 1 atom stereocenters. The number of rotatable bonds is 3. The number of anilines is 1. The number of aromatic nitrogens is 2. The van der Waals surface area contributed by atoms with Crippen LogP contribution in [0.2, 0.25) is 0 Å². The molecule has 1 heterocycles. The van der Waals surface area contributed by atoms with Crippen molar-refractivity contribution in [2.75, 3.05) is 18.5 Å². The zero-order valence-corrected chi connectivity index (χ0v) is 12.6. The third-order valence-corrected chi connectivity index (χ3v) is 2.69. The van der Waals surface area contributed by atoms with Gasteiger partial charge in [-0.25, -0.2) is 9.97 Å². The first-order valence-corrected chi connectivity index (χ1v) is 6.43. The molecule has 0 aliphatic heterocycles. The van der Waals surface area contributed by atoms with E-state index in [4.69, 9.17) is 0 Å². The fourth-order valence-electron chi connectivity index (χ4n) is 1.43. The third-order valence-electron chi connectivity index (χ3n) is 2.28. The first-order chi connectivity index (χ1) is 7.70. The van der Waals surface area contributed by atoms with Crippen LogP contribution in [0.15, 0.2) is 10.7 Å². The third kappa shape index (κ3) is 4.24. The summed E-state index contributed by atoms with van der Waals surface area (Å²) < 4.78 is 0.768. The highest BCUT2D eigenvalue weighted by atomic mass is 79.9. The van der Waals surface area contributed by atoms with Crippen molar-refractivity contribution in [3.63, 3.8) is 0 Å². The van der Waals surface area contributed by atoms with E-state index in [-0.39, 0.29) is 11.5 Å². The van der Waals surface area contributed by atoms with Crippen LogP contribution in [0, 0.1) is 0 Å². The molecular formula is C12H20BrN3O. The minimum Gasteiger partial charge on any atom is -0.392 e. The average Bonchev–Trinajstić information content (AvgIpc) is 2.14. The van der Waals surface area contributed by atoms with Gasteiger partial charge in [-0.3, -0.25) is 0 Å². The summed E-state index contributed by atoms with van der Waals surface area (Å²) in [5.41, 5.74) is -0.0931. The van der Waals surface area contributed by atoms with Crippen LogP contribution in [0.25, 0.3) is 0 Å². The number of aliphatic hydroxyl groups excluding tert-OH is 1. The Morgan fingerprint density at radius 1 is 1.41 bits per heavy atom. The standard InChI is InChI=1S/C12H20BrN3O/c1-8(17)7-16(5)10-6-9(13)14-11(15-10)12(2,3)4/h6,8,17H,7H2,1-5H3. The number of aliphatic hydroxyl groups is 1. The molecule has 0 aliphatic carbocycles. The quantitative estimate of drug-likeness (QED) is 0.871. The van der Waals surface area contributed by atoms with Crippen molar-refractivity contribution in [2.45, 2.75) is 39.2 Å². The molecule has 96 valence electrons. The minimum absolute atomic E-state index is 0.0931. The van der Waals surface area contributed by atoms with Gasteiger partial charge in [-0.1, -0.05) is 20.8 Å². The number of likely N-dealkylation sites (N-methyl/N-ethyl adjacent to an activating group) is 1. The summed E-state index contributed by atoms with van der Waals surface area (Å²) in [7, 11) is 1.91. The van der Waals surface area contributed by atoms with Crippen LogP contribution in [-0.2, 0) is 5.41 Å². The lowest BCUT2D eigenvalue weighted by atomic mass is 9.96. The number of hydrogen-bond acceptors (Lipinski definition) is 4. The Balaban J connectivity index is 3.05. The summed E-state index contributed by atoms with van der Waals surface area (Å²) in [5, 5.41) is 9.39. The maximum absolute atomic E-state index is 9.39. The second-order valence-corrected chi connectivity index (χ2v) is 6.16. The zero-order valence-electron chi connectivity index (χ0n) is 11.0. The van der Waals surface area contributed by atoms with E-state index >= 15 is 0 Å². The molecule has 5 heteroatoms. The Morgan fingerprint density at radius 2 is 2.00 bits per heavy atom. The Morgan fingerprint density at radius 3 is 2.47 bits per heavy atom. The predicted molar refractivity (Wildman–Crippen MR) is 73.4 cm³/mol. The normalized spacial score (nSPS) is 13.6. The van der Waals surface area contributed by atoms with Crippen molar-refractivity contribution >= 4 is 21.7 Å². The number of halogens is 1. The van der Waals surface area contributed by atoms with Gasteiger partial charge in [0, 0.05) is 25.1 Å². The molecule has 1 rings (SSSR count). The zero-order chi connectivity index (χ0) is 13.2. The molecule has 1 N–H and O–H groups in total. The highest BCUT2D eigenvalue weighted by Gasteiger charge is 2.19. The van der Waals surface area contributed by atoms with Crippen molar-refractivity contribution in [1.82, 2.24) is 9.97 Å². The first kappa shape index (κ1) is 14.4. The van der Waals surface area contributed by atoms with Gasteiger partial charge < -0.3 is 10.0 Å². The van der Waals surface area contributed by atoms with Gasteiger partial charge in [0.25, 0.3) is 0 Å². The largest absolute Gasteiger partial charge is 0.392 e. The van der Waals surface area contributed by atoms with E-state index in [0.29, 0.717) is 6.54 Å². The summed E-state index contributed by atoms with van der Waals surface area (Å²) in [6.45, 7) is 8.54. The maximum atomic E-state index is 9.39. The van der Waals surface area contributed by atoms with Crippen molar-refractivity contribution in [2.24, 2.45) is 0 Å². The van der Waals surface area contributed by atoms with E-state index in [0.717, 1.165) is 16.2 Å². The van der Waals surface area contributed by atoms with Crippen molar-refractivity contribution in [3.8, 4) is 0 Å². The Kier molecular flexibility index (Phi) is 4.49. The van der Waals surface area contributed by atoms with Gasteiger partial charge >= 0.3 is 0 Å². The van der Waals surface area contributed by atoms with E-state index in [1.54, 1.807) is 6.92 Å². The molecule has 4 nitrogen and oxygen atoms in total. The molecule has 0 fully saturated rings. The van der Waals surface area contributed by atoms with Crippen molar-refractivity contribution < 1.29 is 5.11 Å². The highest BCUT2D eigenvalue weighted by molar-refractivity contribution is 9.10. The molecule has 0 bridgehead atoms. The smallest absolute Gasteiger partial charge is 0.137 e. The van der Waals surface area contributed by atoms with Gasteiger partial charge in [-0.15, -0.1) is 0 Å². The van der Waals surface area contributed by atoms with Crippen LogP contribution >= 0.6 is 15.9 Å². The fourth-order valence-corrected chi connectivity index (χ4v) is 1.80. The van der Waals surface area contributed by atoms with Crippen LogP contribution in [0.4, 0.5) is 5.82 Å². The van der Waals surface area contributed by atoms with Gasteiger partial charge in [-0.2, -0.15) is 0 Å². The molecule has 0 aromatic carbocycles. The molecule has 1 aromatic heterocycles. The molecule has 0 aliphatic rings. The van der Waals surface area contributed by atoms with Crippen LogP contribution in [0.5, 0.6) is 0 Å². The van der Waals surface area contributed by atoms with Crippen molar-refractivity contribution in [1.29, 1.82) is 0 Å². The summed E-state index contributed by atoms with van der Waals surface area (Å²) in [6.07, 6.45) is -0.383. The van der Waals surface area contributed by atoms with E-state index < -0.39 is 0 Å². The number of hydrogen-bond donors (Lipinski definition) is 1. The van der Waals surface area contributed by atoms with Gasteiger partial charge in [0.05, 0.1) is 6.10 Å². The lowest BCUT2D eigenvalue weighted by Gasteiger charge is -2.23. The van der Waals surface area contributed by atoms with Crippen molar-refractivity contribution in [3.05, 3.63) is 16.5 Å². The van der Waals surface area contributed by atoms with Crippen LogP contribution < -0.4 is 4.90 Å². The topological polar surface area (TPSA) is 49.2 Å². The predicted octanol–water partition coefficient (Wildman–Crippen LogP) is 2.35. The summed E-state index contributed by atoms with van der Waals surface area (Å²) in [4.78, 5) is 10.8. The van der Waals surface area contributed by atoms with E-state index in [9.17, 15) is 5.11 Å². The molecule has 0 radical (unpaired) electrons. The first-order valence-electron chi connectivity index (χ1n) is 5.64. The summed E-state index contributed by atoms with van der Waals surface area (Å²) in [6, 6.07) is 1.86. The monoisotopic (exact) mass is 301 g/mol. The Labute approximate surface area is 111 Å². The van der Waals surface area contributed by atoms with Crippen LogP contribution in [-0.4, -0.2) is 34.8 Å². The highest BCUT2D eigenvalue weighted by Crippen LogP contribution is 2.23. The lowest BCUT2D eigenvalue weighted by molar-refractivity contribution is 0.201. The molecule has 0 spiro atoms. The van der Waals surface area contributed by atoms with Gasteiger partial charge in [0.1, 0.15) is 16.2 Å². The SMILES string of the molecule is CC(O)CN(C)c1cc(Br)nc(C(C)(C)C)n1. The van der Waals surface area contributed by atoms with Crippen LogP contribution in [0.3, 0.4) is 0 Å². The second kappa shape index (κ2) is 5.31. The molecule has 17 heavy (non-hydrogen) atoms. The average molecular weight is 302 g/mol. The van der Waals surface area contributed by atoms with Crippen LogP contribution in [0.1, 0.15) is 33.5 Å². The number of nitrogens with zero attached hydrogens (tertiary/aromatic N) is 3. The van der Waals surface area contributed by atoms with Gasteiger partial charge in [0.2, 0.25) is 0 Å². The van der Waals surface area contributed by atoms with E-state index in [1.807, 2.05) is 18.0 Å². The van der Waals surface area contributed by atoms with E-state index in [2.05, 4.69) is 46.7 Å². The second-order valence-electron chi connectivity index (χ2n) is 5.35. The molecule has 0 saturated carbocycles. The maximum Gasteiger partial charge on any atom is 0.137 e.